The van der Waals surface area contributed by atoms with Crippen LogP contribution in [0, 0.1) is 0 Å². The third-order valence-corrected chi connectivity index (χ3v) is 5.83. The van der Waals surface area contributed by atoms with Gasteiger partial charge < -0.3 is 0 Å². The second kappa shape index (κ2) is 9.84. The molecule has 1 aromatic carbocycles. The van der Waals surface area contributed by atoms with Gasteiger partial charge in [0.2, 0.25) is 5.82 Å². The molecule has 8 nitrogen and oxygen atoms in total. The van der Waals surface area contributed by atoms with E-state index < -0.39 is 10.1 Å². The normalized spacial score (nSPS) is 20.0. The molecule has 9 heteroatoms. The molecular formula is C21H28N5O3S+. The predicted molar refractivity (Wildman–Crippen MR) is 119 cm³/mol. The molecule has 0 fully saturated rings. The summed E-state index contributed by atoms with van der Waals surface area (Å²) >= 11 is 0. The van der Waals surface area contributed by atoms with Crippen LogP contribution in [0.2, 0.25) is 0 Å². The van der Waals surface area contributed by atoms with Gasteiger partial charge in [-0.2, -0.15) is 18.0 Å². The number of hydrogen-bond donors (Lipinski definition) is 2. The van der Waals surface area contributed by atoms with E-state index in [0.29, 0.717) is 23.9 Å². The molecule has 0 bridgehead atoms. The van der Waals surface area contributed by atoms with Gasteiger partial charge in [-0.3, -0.25) is 9.56 Å². The highest BCUT2D eigenvalue weighted by molar-refractivity contribution is 7.85. The van der Waals surface area contributed by atoms with Crippen molar-refractivity contribution < 1.29 is 13.0 Å². The van der Waals surface area contributed by atoms with Crippen molar-refractivity contribution in [2.24, 2.45) is 5.10 Å². The van der Waals surface area contributed by atoms with Crippen LogP contribution in [0.1, 0.15) is 18.4 Å². The highest BCUT2D eigenvalue weighted by Gasteiger charge is 2.37. The summed E-state index contributed by atoms with van der Waals surface area (Å²) in [5.41, 5.74) is 1.25. The lowest BCUT2D eigenvalue weighted by Gasteiger charge is -2.33. The highest BCUT2D eigenvalue weighted by atomic mass is 32.2. The number of likely N-dealkylation sites (N-methyl/N-ethyl adjacent to an activating group) is 1. The third-order valence-electron chi connectivity index (χ3n) is 5.02. The van der Waals surface area contributed by atoms with Crippen LogP contribution >= 0.6 is 0 Å². The number of aromatic nitrogens is 2. The zero-order chi connectivity index (χ0) is 21.5. The summed E-state index contributed by atoms with van der Waals surface area (Å²) in [5, 5.41) is 13.9. The number of quaternary nitrogens is 1. The molecule has 0 radical (unpaired) electrons. The van der Waals surface area contributed by atoms with E-state index in [9.17, 15) is 8.42 Å². The first-order chi connectivity index (χ1) is 14.4. The van der Waals surface area contributed by atoms with Gasteiger partial charge in [0.15, 0.2) is 0 Å². The van der Waals surface area contributed by atoms with E-state index in [1.165, 1.54) is 5.56 Å². The molecule has 2 heterocycles. The van der Waals surface area contributed by atoms with E-state index in [0.717, 1.165) is 24.6 Å². The topological polar surface area (TPSA) is 98.7 Å². The van der Waals surface area contributed by atoms with Crippen LogP contribution in [0.15, 0.2) is 72.1 Å². The number of H-pyrrole nitrogens is 1. The van der Waals surface area contributed by atoms with Gasteiger partial charge >= 0.3 is 0 Å². The summed E-state index contributed by atoms with van der Waals surface area (Å²) in [6, 6.07) is 12.2. The summed E-state index contributed by atoms with van der Waals surface area (Å²) in [7, 11) is -2.02. The molecule has 0 saturated carbocycles. The number of nitrogens with one attached hydrogen (secondary N) is 1. The molecular weight excluding hydrogens is 402 g/mol. The van der Waals surface area contributed by atoms with Crippen molar-refractivity contribution in [2.45, 2.75) is 19.3 Å². The highest BCUT2D eigenvalue weighted by Crippen LogP contribution is 2.27. The first kappa shape index (κ1) is 21.9. The number of benzene rings is 1. The number of rotatable bonds is 10. The van der Waals surface area contributed by atoms with Gasteiger partial charge in [0, 0.05) is 25.7 Å². The molecule has 1 aliphatic heterocycles. The Morgan fingerprint density at radius 3 is 2.67 bits per heavy atom. The molecule has 0 aliphatic carbocycles. The van der Waals surface area contributed by atoms with E-state index in [-0.39, 0.29) is 5.75 Å². The zero-order valence-corrected chi connectivity index (χ0v) is 17.9. The van der Waals surface area contributed by atoms with Gasteiger partial charge in [0.25, 0.3) is 16.0 Å². The number of allylic oxidation sites excluding steroid dienone is 2. The lowest BCUT2D eigenvalue weighted by atomic mass is 10.1. The molecule has 0 spiro atoms. The fourth-order valence-corrected chi connectivity index (χ4v) is 4.02. The zero-order valence-electron chi connectivity index (χ0n) is 17.1. The van der Waals surface area contributed by atoms with Gasteiger partial charge in [0.1, 0.15) is 6.20 Å². The van der Waals surface area contributed by atoms with E-state index in [4.69, 9.17) is 9.65 Å². The number of hydrogen-bond acceptors (Lipinski definition) is 5. The van der Waals surface area contributed by atoms with Gasteiger partial charge in [-0.15, -0.1) is 5.10 Å². The van der Waals surface area contributed by atoms with Crippen molar-refractivity contribution in [1.82, 2.24) is 19.7 Å². The molecule has 30 heavy (non-hydrogen) atoms. The average Bonchev–Trinajstić information content (AvgIpc) is 3.26. The van der Waals surface area contributed by atoms with Crippen LogP contribution in [0.25, 0.3) is 0 Å². The molecule has 0 amide bonds. The second-order valence-electron chi connectivity index (χ2n) is 7.30. The van der Waals surface area contributed by atoms with E-state index in [2.05, 4.69) is 22.3 Å². The third kappa shape index (κ3) is 5.88. The summed E-state index contributed by atoms with van der Waals surface area (Å²) in [6.07, 6.45) is 11.4. The van der Waals surface area contributed by atoms with Crippen LogP contribution in [0.4, 0.5) is 5.82 Å². The Labute approximate surface area is 177 Å². The molecule has 3 rings (SSSR count). The number of aromatic amines is 1. The van der Waals surface area contributed by atoms with E-state index in [1.807, 2.05) is 60.8 Å². The first-order valence-electron chi connectivity index (χ1n) is 9.92. The van der Waals surface area contributed by atoms with Crippen molar-refractivity contribution in [3.63, 3.8) is 0 Å². The Morgan fingerprint density at radius 2 is 1.97 bits per heavy atom. The minimum Gasteiger partial charge on any atom is -0.294 e. The maximum atomic E-state index is 11.1. The fourth-order valence-electron chi connectivity index (χ4n) is 3.45. The minimum atomic E-state index is -3.96. The van der Waals surface area contributed by atoms with Crippen LogP contribution in [0.3, 0.4) is 0 Å². The monoisotopic (exact) mass is 430 g/mol. The Hall–Kier alpha value is -2.75. The second-order valence-corrected chi connectivity index (χ2v) is 8.88. The Kier molecular flexibility index (Phi) is 7.20. The molecule has 160 valence electrons. The molecule has 1 unspecified atom stereocenters. The minimum absolute atomic E-state index is 0.251. The quantitative estimate of drug-likeness (QED) is 0.261. The Balaban J connectivity index is 1.78. The molecule has 2 N–H and O–H groups in total. The largest absolute Gasteiger partial charge is 0.294 e. The van der Waals surface area contributed by atoms with Crippen LogP contribution < -0.4 is 4.48 Å². The van der Waals surface area contributed by atoms with Crippen molar-refractivity contribution in [2.75, 3.05) is 25.9 Å². The van der Waals surface area contributed by atoms with Crippen LogP contribution in [-0.4, -0.2) is 59.9 Å². The van der Waals surface area contributed by atoms with Gasteiger partial charge in [0.05, 0.1) is 18.5 Å². The summed E-state index contributed by atoms with van der Waals surface area (Å²) in [4.78, 5) is 0. The standard InChI is InChI=1S/C21H27N5O3S/c1-25(15-13-19-9-3-2-4-10-19)24-21-11-5-6-16-26(21,20-12-14-22-23-20)17-7-8-18-30(27,28)29/h2-6,9-12,14,16H,7-8,13,15,17-18H2,1H3,(H-,22,23,27,28,29)/p+1. The summed E-state index contributed by atoms with van der Waals surface area (Å²) in [5.74, 6) is 1.40. The van der Waals surface area contributed by atoms with E-state index in [1.54, 1.807) is 6.20 Å². The summed E-state index contributed by atoms with van der Waals surface area (Å²) in [6.45, 7) is 1.35. The smallest absolute Gasteiger partial charge is 0.264 e. The van der Waals surface area contributed by atoms with Crippen molar-refractivity contribution in [3.8, 4) is 0 Å². The molecule has 1 aliphatic rings. The van der Waals surface area contributed by atoms with Gasteiger partial charge in [-0.1, -0.05) is 30.3 Å². The van der Waals surface area contributed by atoms with Crippen LogP contribution in [0.5, 0.6) is 0 Å². The fraction of sp³-hybridized carbons (Fsp3) is 0.333. The average molecular weight is 431 g/mol. The van der Waals surface area contributed by atoms with Crippen molar-refractivity contribution >= 4 is 21.8 Å². The molecule has 0 saturated heterocycles. The van der Waals surface area contributed by atoms with Gasteiger partial charge in [-0.05, 0) is 37.0 Å². The van der Waals surface area contributed by atoms with Crippen molar-refractivity contribution in [3.05, 3.63) is 72.6 Å². The summed E-state index contributed by atoms with van der Waals surface area (Å²) < 4.78 is 31.5. The maximum absolute atomic E-state index is 11.1. The maximum Gasteiger partial charge on any atom is 0.264 e. The van der Waals surface area contributed by atoms with Crippen LogP contribution in [-0.2, 0) is 16.5 Å². The first-order valence-corrected chi connectivity index (χ1v) is 11.5. The van der Waals surface area contributed by atoms with Gasteiger partial charge in [-0.25, -0.2) is 5.10 Å². The Bertz CT molecular complexity index is 1000. The molecule has 2 aromatic rings. The molecule has 1 atom stereocenters. The van der Waals surface area contributed by atoms with Crippen molar-refractivity contribution in [1.29, 1.82) is 0 Å². The lowest BCUT2D eigenvalue weighted by Crippen LogP contribution is -2.51. The Morgan fingerprint density at radius 1 is 1.17 bits per heavy atom. The number of amidine groups is 1. The number of hydrazone groups is 1. The lowest BCUT2D eigenvalue weighted by molar-refractivity contribution is 0.349. The number of nitrogens with zero attached hydrogens (tertiary/aromatic N) is 4. The van der Waals surface area contributed by atoms with E-state index >= 15 is 0 Å². The number of unbranched alkanes of at least 4 members (excludes halogenated alkanes) is 1. The molecule has 1 aromatic heterocycles. The predicted octanol–water partition coefficient (Wildman–Crippen LogP) is 2.96. The SMILES string of the molecule is CN(CCc1ccccc1)N=C1C=CC=C[N+]1(CCCCS(=O)(=O)O)c1ccn[nH]1.